The molecular formula is C21H30O3. The van der Waals surface area contributed by atoms with Crippen LogP contribution in [0.1, 0.15) is 58.8 Å². The van der Waals surface area contributed by atoms with Crippen molar-refractivity contribution in [3.05, 3.63) is 36.0 Å². The van der Waals surface area contributed by atoms with E-state index in [0.29, 0.717) is 12.0 Å². The second-order valence-electron chi connectivity index (χ2n) is 8.37. The average Bonchev–Trinajstić information content (AvgIpc) is 3.10. The number of rotatable bonds is 0. The predicted molar refractivity (Wildman–Crippen MR) is 95.3 cm³/mol. The van der Waals surface area contributed by atoms with Gasteiger partial charge in [0.15, 0.2) is 0 Å². The molecule has 0 aromatic carbocycles. The van der Waals surface area contributed by atoms with Gasteiger partial charge in [-0.2, -0.15) is 0 Å². The third-order valence-electron chi connectivity index (χ3n) is 6.42. The van der Waals surface area contributed by atoms with E-state index in [-0.39, 0.29) is 23.4 Å². The molecule has 3 aliphatic rings. The summed E-state index contributed by atoms with van der Waals surface area (Å²) in [7, 11) is 0. The van der Waals surface area contributed by atoms with Crippen LogP contribution in [0.15, 0.2) is 36.0 Å². The third-order valence-corrected chi connectivity index (χ3v) is 6.42. The molecule has 3 nitrogen and oxygen atoms in total. The topological polar surface area (TPSA) is 46.5 Å². The molecule has 0 spiro atoms. The summed E-state index contributed by atoms with van der Waals surface area (Å²) in [5.74, 6) is 0.352. The fourth-order valence-electron chi connectivity index (χ4n) is 4.39. The molecule has 0 bridgehead atoms. The zero-order chi connectivity index (χ0) is 17.5. The summed E-state index contributed by atoms with van der Waals surface area (Å²) in [6.07, 6.45) is 8.21. The highest BCUT2D eigenvalue weighted by Gasteiger charge is 2.53. The van der Waals surface area contributed by atoms with Gasteiger partial charge in [-0.15, -0.1) is 0 Å². The minimum Gasteiger partial charge on any atom is -0.458 e. The molecule has 1 saturated carbocycles. The van der Waals surface area contributed by atoms with Gasteiger partial charge in [-0.3, -0.25) is 0 Å². The number of carbonyl (C=O) groups excluding carboxylic acids is 1. The largest absolute Gasteiger partial charge is 0.458 e. The van der Waals surface area contributed by atoms with Crippen LogP contribution in [0.4, 0.5) is 0 Å². The lowest BCUT2D eigenvalue weighted by Crippen LogP contribution is -2.26. The maximum atomic E-state index is 12.0. The normalized spacial score (nSPS) is 41.0. The Bertz CT molecular complexity index is 588. The Labute approximate surface area is 145 Å². The maximum absolute atomic E-state index is 12.0. The van der Waals surface area contributed by atoms with E-state index in [4.69, 9.17) is 4.74 Å². The fraction of sp³-hybridized carbons (Fsp3) is 0.667. The van der Waals surface area contributed by atoms with E-state index < -0.39 is 6.10 Å². The molecule has 1 saturated heterocycles. The number of allylic oxidation sites excluding steroid dienone is 2. The van der Waals surface area contributed by atoms with Crippen LogP contribution in [0.25, 0.3) is 0 Å². The van der Waals surface area contributed by atoms with Crippen molar-refractivity contribution in [2.75, 3.05) is 0 Å². The first-order chi connectivity index (χ1) is 11.3. The van der Waals surface area contributed by atoms with Crippen molar-refractivity contribution in [1.29, 1.82) is 0 Å². The summed E-state index contributed by atoms with van der Waals surface area (Å²) < 4.78 is 5.61. The van der Waals surface area contributed by atoms with Crippen LogP contribution < -0.4 is 0 Å². The van der Waals surface area contributed by atoms with Crippen molar-refractivity contribution in [1.82, 2.24) is 0 Å². The minimum absolute atomic E-state index is 0.0810. The molecule has 1 heterocycles. The van der Waals surface area contributed by atoms with Crippen molar-refractivity contribution >= 4 is 5.97 Å². The lowest BCUT2D eigenvalue weighted by atomic mass is 9.83. The molecular weight excluding hydrogens is 300 g/mol. The van der Waals surface area contributed by atoms with Crippen molar-refractivity contribution in [2.45, 2.75) is 71.0 Å². The Morgan fingerprint density at radius 3 is 2.79 bits per heavy atom. The maximum Gasteiger partial charge on any atom is 0.334 e. The van der Waals surface area contributed by atoms with E-state index in [0.717, 1.165) is 37.2 Å². The zero-order valence-electron chi connectivity index (χ0n) is 15.0. The van der Waals surface area contributed by atoms with Crippen molar-refractivity contribution in [2.24, 2.45) is 17.3 Å². The second kappa shape index (κ2) is 6.51. The summed E-state index contributed by atoms with van der Waals surface area (Å²) in [4.78, 5) is 12.0. The molecule has 1 aliphatic heterocycles. The summed E-state index contributed by atoms with van der Waals surface area (Å²) in [5, 5.41) is 10.5. The number of hydrogen-bond acceptors (Lipinski definition) is 3. The number of fused-ring (bicyclic) bond motifs is 2. The summed E-state index contributed by atoms with van der Waals surface area (Å²) >= 11 is 0. The number of esters is 1. The van der Waals surface area contributed by atoms with Crippen LogP contribution in [0.3, 0.4) is 0 Å². The number of aliphatic hydroxyl groups excluding tert-OH is 1. The Kier molecular flexibility index (Phi) is 4.74. The molecule has 3 heteroatoms. The molecule has 5 unspecified atom stereocenters. The van der Waals surface area contributed by atoms with Crippen molar-refractivity contribution in [3.63, 3.8) is 0 Å². The molecule has 0 radical (unpaired) electrons. The quantitative estimate of drug-likeness (QED) is 0.408. The predicted octanol–water partition coefficient (Wildman–Crippen LogP) is 4.33. The van der Waals surface area contributed by atoms with E-state index in [9.17, 15) is 9.90 Å². The first-order valence-corrected chi connectivity index (χ1v) is 9.21. The first-order valence-electron chi connectivity index (χ1n) is 9.21. The number of ether oxygens (including phenoxy) is 1. The van der Waals surface area contributed by atoms with Crippen molar-refractivity contribution in [3.8, 4) is 0 Å². The molecule has 1 N–H and O–H groups in total. The van der Waals surface area contributed by atoms with Crippen molar-refractivity contribution < 1.29 is 14.6 Å². The molecule has 0 aromatic rings. The number of aliphatic hydroxyl groups is 1. The highest BCUT2D eigenvalue weighted by molar-refractivity contribution is 5.90. The average molecular weight is 330 g/mol. The van der Waals surface area contributed by atoms with Gasteiger partial charge in [-0.05, 0) is 68.8 Å². The monoisotopic (exact) mass is 330 g/mol. The van der Waals surface area contributed by atoms with Gasteiger partial charge in [0, 0.05) is 11.5 Å². The molecule has 132 valence electrons. The third kappa shape index (κ3) is 3.51. The summed E-state index contributed by atoms with van der Waals surface area (Å²) in [5.41, 5.74) is 3.07. The minimum atomic E-state index is -0.594. The highest BCUT2D eigenvalue weighted by Crippen LogP contribution is 2.59. The van der Waals surface area contributed by atoms with Gasteiger partial charge in [0.2, 0.25) is 0 Å². The summed E-state index contributed by atoms with van der Waals surface area (Å²) in [6.45, 7) is 12.5. The smallest absolute Gasteiger partial charge is 0.334 e. The van der Waals surface area contributed by atoms with Crippen LogP contribution >= 0.6 is 0 Å². The van der Waals surface area contributed by atoms with E-state index in [1.807, 2.05) is 0 Å². The Morgan fingerprint density at radius 1 is 1.29 bits per heavy atom. The van der Waals surface area contributed by atoms with Gasteiger partial charge in [-0.1, -0.05) is 31.7 Å². The van der Waals surface area contributed by atoms with E-state index in [2.05, 4.69) is 33.1 Å². The number of hydrogen-bond donors (Lipinski definition) is 1. The van der Waals surface area contributed by atoms with Gasteiger partial charge in [-0.25, -0.2) is 4.79 Å². The van der Waals surface area contributed by atoms with Crippen LogP contribution in [-0.4, -0.2) is 23.3 Å². The van der Waals surface area contributed by atoms with E-state index in [1.54, 1.807) is 0 Å². The van der Waals surface area contributed by atoms with Crippen LogP contribution in [0, 0.1) is 17.3 Å². The Hall–Kier alpha value is -1.35. The van der Waals surface area contributed by atoms with Crippen LogP contribution in [-0.2, 0) is 9.53 Å². The van der Waals surface area contributed by atoms with Gasteiger partial charge >= 0.3 is 5.97 Å². The zero-order valence-corrected chi connectivity index (χ0v) is 15.0. The molecule has 5 atom stereocenters. The van der Waals surface area contributed by atoms with Gasteiger partial charge in [0.25, 0.3) is 0 Å². The highest BCUT2D eigenvalue weighted by atomic mass is 16.6. The molecule has 24 heavy (non-hydrogen) atoms. The van der Waals surface area contributed by atoms with E-state index in [1.165, 1.54) is 18.4 Å². The van der Waals surface area contributed by atoms with Gasteiger partial charge < -0.3 is 9.84 Å². The van der Waals surface area contributed by atoms with Crippen LogP contribution in [0.5, 0.6) is 0 Å². The molecule has 0 aromatic heterocycles. The van der Waals surface area contributed by atoms with E-state index >= 15 is 0 Å². The fourth-order valence-corrected chi connectivity index (χ4v) is 4.39. The molecule has 0 amide bonds. The standard InChI is InChI=1S/C21H30O3/c1-13-6-5-7-14(2)18(22)10-17-15(3)20(23)24-19(17)12-21(4)11-16(21)9-8-13/h6,16-19,22H,2-3,5,7-12H2,1,4H3. The SMILES string of the molecule is C=C1CCC=C(C)CCC2CC2(C)CC2OC(=O)C(=C)C2CC1O. The lowest BCUT2D eigenvalue weighted by molar-refractivity contribution is -0.140. The Balaban J connectivity index is 1.79. The summed E-state index contributed by atoms with van der Waals surface area (Å²) in [6, 6.07) is 0. The second-order valence-corrected chi connectivity index (χ2v) is 8.37. The number of carbonyl (C=O) groups is 1. The van der Waals surface area contributed by atoms with Gasteiger partial charge in [0.1, 0.15) is 6.10 Å². The molecule has 2 aliphatic carbocycles. The lowest BCUT2D eigenvalue weighted by Gasteiger charge is -2.25. The van der Waals surface area contributed by atoms with Gasteiger partial charge in [0.05, 0.1) is 6.10 Å². The van der Waals surface area contributed by atoms with Crippen LogP contribution in [0.2, 0.25) is 0 Å². The molecule has 3 rings (SSSR count). The molecule has 2 fully saturated rings. The Morgan fingerprint density at radius 2 is 2.04 bits per heavy atom. The first kappa shape index (κ1) is 17.5.